The first-order valence-corrected chi connectivity index (χ1v) is 6.68. The van der Waals surface area contributed by atoms with Crippen molar-refractivity contribution in [2.75, 3.05) is 18.1 Å². The molecule has 0 aliphatic heterocycles. The van der Waals surface area contributed by atoms with Crippen molar-refractivity contribution in [3.8, 4) is 0 Å². The van der Waals surface area contributed by atoms with Gasteiger partial charge in [0.2, 0.25) is 0 Å². The number of hydrogen-bond donors (Lipinski definition) is 1. The molecule has 0 fully saturated rings. The van der Waals surface area contributed by atoms with E-state index in [1.165, 1.54) is 37.2 Å². The molecular formula is C11H25NS. The summed E-state index contributed by atoms with van der Waals surface area (Å²) in [5.41, 5.74) is 6.28. The van der Waals surface area contributed by atoms with Crippen molar-refractivity contribution in [3.05, 3.63) is 0 Å². The normalized spacial score (nSPS) is 12.0. The van der Waals surface area contributed by atoms with Gasteiger partial charge in [-0.05, 0) is 49.1 Å². The smallest absolute Gasteiger partial charge is 0.00207 e. The summed E-state index contributed by atoms with van der Waals surface area (Å²) in [5.74, 6) is 2.55. The molecule has 2 N–H and O–H groups in total. The molecule has 2 heteroatoms. The maximum absolute atomic E-state index is 5.84. The molecule has 0 radical (unpaired) electrons. The second-order valence-corrected chi connectivity index (χ2v) is 5.11. The van der Waals surface area contributed by atoms with E-state index in [9.17, 15) is 0 Å². The molecule has 0 aliphatic carbocycles. The van der Waals surface area contributed by atoms with E-state index in [1.54, 1.807) is 0 Å². The lowest BCUT2D eigenvalue weighted by molar-refractivity contribution is 0.248. The summed E-state index contributed by atoms with van der Waals surface area (Å²) >= 11 is 2.04. The van der Waals surface area contributed by atoms with E-state index in [2.05, 4.69) is 20.8 Å². The molecule has 0 saturated carbocycles. The quantitative estimate of drug-likeness (QED) is 0.613. The summed E-state index contributed by atoms with van der Waals surface area (Å²) in [6.07, 6.45) is 5.11. The van der Waals surface area contributed by atoms with Gasteiger partial charge >= 0.3 is 0 Å². The highest BCUT2D eigenvalue weighted by Crippen LogP contribution is 2.31. The van der Waals surface area contributed by atoms with Gasteiger partial charge in [-0.3, -0.25) is 0 Å². The molecule has 0 amide bonds. The lowest BCUT2D eigenvalue weighted by atomic mass is 9.78. The summed E-state index contributed by atoms with van der Waals surface area (Å²) in [5, 5.41) is 0. The Hall–Kier alpha value is 0.310. The zero-order valence-electron chi connectivity index (χ0n) is 9.44. The van der Waals surface area contributed by atoms with Crippen LogP contribution in [0.15, 0.2) is 0 Å². The van der Waals surface area contributed by atoms with Crippen LogP contribution in [0, 0.1) is 5.41 Å². The predicted octanol–water partition coefficient (Wildman–Crippen LogP) is 3.28. The fourth-order valence-corrected chi connectivity index (χ4v) is 2.32. The predicted molar refractivity (Wildman–Crippen MR) is 64.3 cm³/mol. The second kappa shape index (κ2) is 7.69. The van der Waals surface area contributed by atoms with Crippen LogP contribution in [0.5, 0.6) is 0 Å². The maximum Gasteiger partial charge on any atom is -0.00207 e. The zero-order valence-corrected chi connectivity index (χ0v) is 10.3. The average Bonchev–Trinajstić information content (AvgIpc) is 2.20. The molecule has 0 bridgehead atoms. The van der Waals surface area contributed by atoms with Crippen molar-refractivity contribution < 1.29 is 0 Å². The van der Waals surface area contributed by atoms with Crippen molar-refractivity contribution in [2.24, 2.45) is 11.1 Å². The Morgan fingerprint density at radius 1 is 1.15 bits per heavy atom. The molecule has 0 atom stereocenters. The van der Waals surface area contributed by atoms with Crippen LogP contribution < -0.4 is 5.73 Å². The lowest BCUT2D eigenvalue weighted by Crippen LogP contribution is -2.29. The van der Waals surface area contributed by atoms with Crippen LogP contribution in [0.4, 0.5) is 0 Å². The van der Waals surface area contributed by atoms with Crippen molar-refractivity contribution >= 4 is 11.8 Å². The number of rotatable bonds is 8. The van der Waals surface area contributed by atoms with Gasteiger partial charge in [0.15, 0.2) is 0 Å². The van der Waals surface area contributed by atoms with E-state index in [-0.39, 0.29) is 0 Å². The second-order valence-electron chi connectivity index (χ2n) is 3.71. The molecule has 0 unspecified atom stereocenters. The fraction of sp³-hybridized carbons (Fsp3) is 1.00. The van der Waals surface area contributed by atoms with Crippen molar-refractivity contribution in [3.63, 3.8) is 0 Å². The van der Waals surface area contributed by atoms with E-state index in [0.29, 0.717) is 5.41 Å². The number of nitrogens with two attached hydrogens (primary N) is 1. The Labute approximate surface area is 87.9 Å². The third-order valence-corrected chi connectivity index (χ3v) is 4.12. The Bertz CT molecular complexity index is 102. The van der Waals surface area contributed by atoms with Gasteiger partial charge < -0.3 is 5.73 Å². The van der Waals surface area contributed by atoms with Gasteiger partial charge in [0.1, 0.15) is 0 Å². The van der Waals surface area contributed by atoms with E-state index in [1.807, 2.05) is 11.8 Å². The van der Waals surface area contributed by atoms with Gasteiger partial charge in [-0.1, -0.05) is 20.8 Å². The summed E-state index contributed by atoms with van der Waals surface area (Å²) < 4.78 is 0. The van der Waals surface area contributed by atoms with Gasteiger partial charge in [0.25, 0.3) is 0 Å². The van der Waals surface area contributed by atoms with Crippen LogP contribution in [0.25, 0.3) is 0 Å². The van der Waals surface area contributed by atoms with Gasteiger partial charge in [-0.15, -0.1) is 0 Å². The summed E-state index contributed by atoms with van der Waals surface area (Å²) in [6, 6.07) is 0. The first-order chi connectivity index (χ1) is 6.24. The number of thioether (sulfide) groups is 1. The molecule has 0 aromatic rings. The Morgan fingerprint density at radius 3 is 2.15 bits per heavy atom. The van der Waals surface area contributed by atoms with Crippen molar-refractivity contribution in [1.29, 1.82) is 0 Å². The molecule has 80 valence electrons. The van der Waals surface area contributed by atoms with Gasteiger partial charge in [-0.25, -0.2) is 0 Å². The van der Waals surface area contributed by atoms with Crippen molar-refractivity contribution in [1.82, 2.24) is 0 Å². The van der Waals surface area contributed by atoms with Crippen LogP contribution in [-0.2, 0) is 0 Å². The Morgan fingerprint density at radius 2 is 1.77 bits per heavy atom. The summed E-state index contributed by atoms with van der Waals surface area (Å²) in [6.45, 7) is 7.62. The first-order valence-electron chi connectivity index (χ1n) is 5.52. The van der Waals surface area contributed by atoms with Crippen LogP contribution in [-0.4, -0.2) is 18.1 Å². The third-order valence-electron chi connectivity index (χ3n) is 3.13. The maximum atomic E-state index is 5.84. The highest BCUT2D eigenvalue weighted by atomic mass is 32.2. The molecule has 0 aromatic heterocycles. The monoisotopic (exact) mass is 203 g/mol. The SMILES string of the molecule is CCSCCCC(CC)(CC)CN. The van der Waals surface area contributed by atoms with Gasteiger partial charge in [-0.2, -0.15) is 11.8 Å². The molecule has 0 heterocycles. The largest absolute Gasteiger partial charge is 0.330 e. The molecule has 0 saturated heterocycles. The third kappa shape index (κ3) is 4.92. The molecule has 0 aromatic carbocycles. The lowest BCUT2D eigenvalue weighted by Gasteiger charge is -2.30. The highest BCUT2D eigenvalue weighted by Gasteiger charge is 2.23. The average molecular weight is 203 g/mol. The van der Waals surface area contributed by atoms with Crippen molar-refractivity contribution in [2.45, 2.75) is 46.5 Å². The zero-order chi connectivity index (χ0) is 10.2. The Kier molecular flexibility index (Phi) is 7.87. The van der Waals surface area contributed by atoms with Crippen LogP contribution in [0.3, 0.4) is 0 Å². The first kappa shape index (κ1) is 13.3. The summed E-state index contributed by atoms with van der Waals surface area (Å²) in [4.78, 5) is 0. The minimum atomic E-state index is 0.439. The molecular weight excluding hydrogens is 178 g/mol. The molecule has 0 spiro atoms. The van der Waals surface area contributed by atoms with Crippen LogP contribution in [0.1, 0.15) is 46.5 Å². The minimum absolute atomic E-state index is 0.439. The van der Waals surface area contributed by atoms with Crippen LogP contribution in [0.2, 0.25) is 0 Å². The van der Waals surface area contributed by atoms with E-state index < -0.39 is 0 Å². The molecule has 0 aliphatic rings. The summed E-state index contributed by atoms with van der Waals surface area (Å²) in [7, 11) is 0. The molecule has 0 rings (SSSR count). The fourth-order valence-electron chi connectivity index (χ4n) is 1.69. The molecule has 13 heavy (non-hydrogen) atoms. The highest BCUT2D eigenvalue weighted by molar-refractivity contribution is 7.99. The Balaban J connectivity index is 3.68. The topological polar surface area (TPSA) is 26.0 Å². The van der Waals surface area contributed by atoms with Gasteiger partial charge in [0.05, 0.1) is 0 Å². The standard InChI is InChI=1S/C11H25NS/c1-4-11(5-2,10-12)8-7-9-13-6-3/h4-10,12H2,1-3H3. The minimum Gasteiger partial charge on any atom is -0.330 e. The van der Waals surface area contributed by atoms with E-state index in [0.717, 1.165) is 6.54 Å². The van der Waals surface area contributed by atoms with E-state index in [4.69, 9.17) is 5.73 Å². The number of hydrogen-bond acceptors (Lipinski definition) is 2. The van der Waals surface area contributed by atoms with Gasteiger partial charge in [0, 0.05) is 0 Å². The van der Waals surface area contributed by atoms with E-state index >= 15 is 0 Å². The van der Waals surface area contributed by atoms with Crippen LogP contribution >= 0.6 is 11.8 Å². The molecule has 1 nitrogen and oxygen atoms in total.